The van der Waals surface area contributed by atoms with Crippen LogP contribution in [0.4, 0.5) is 0 Å². The van der Waals surface area contributed by atoms with E-state index in [1.165, 1.54) is 17.7 Å². The monoisotopic (exact) mass is 510 g/mol. The predicted octanol–water partition coefficient (Wildman–Crippen LogP) is 4.13. The van der Waals surface area contributed by atoms with Crippen LogP contribution in [0.1, 0.15) is 53.2 Å². The number of hydrogen-bond donors (Lipinski definition) is 1. The van der Waals surface area contributed by atoms with Gasteiger partial charge in [0, 0.05) is 19.3 Å². The summed E-state index contributed by atoms with van der Waals surface area (Å²) in [6, 6.07) is 0. The van der Waals surface area contributed by atoms with Crippen molar-refractivity contribution in [3.63, 3.8) is 0 Å². The van der Waals surface area contributed by atoms with E-state index in [4.69, 9.17) is 14.2 Å². The molecular weight excluding hydrogens is 472 g/mol. The van der Waals surface area contributed by atoms with Crippen molar-refractivity contribution in [3.8, 4) is 0 Å². The van der Waals surface area contributed by atoms with Crippen molar-refractivity contribution in [2.75, 3.05) is 6.61 Å². The van der Waals surface area contributed by atoms with E-state index in [0.717, 1.165) is 6.42 Å². The Kier molecular flexibility index (Phi) is 7.62. The molecule has 0 aromatic carbocycles. The number of aryl methyl sites for hydroxylation is 1. The first-order valence-electron chi connectivity index (χ1n) is 13.0. The van der Waals surface area contributed by atoms with Crippen LogP contribution in [0.15, 0.2) is 54.1 Å². The van der Waals surface area contributed by atoms with Gasteiger partial charge < -0.3 is 23.9 Å². The largest absolute Gasteiger partial charge is 0.462 e. The number of imidazole rings is 1. The molecule has 0 radical (unpaired) electrons. The Morgan fingerprint density at radius 2 is 2.11 bits per heavy atom. The van der Waals surface area contributed by atoms with Crippen molar-refractivity contribution < 1.29 is 28.9 Å². The molecule has 3 aliphatic rings. The lowest BCUT2D eigenvalue weighted by atomic mass is 9.65. The van der Waals surface area contributed by atoms with Gasteiger partial charge in [0.05, 0.1) is 24.2 Å². The maximum absolute atomic E-state index is 13.1. The molecule has 0 saturated carbocycles. The van der Waals surface area contributed by atoms with Crippen molar-refractivity contribution in [1.29, 1.82) is 0 Å². The summed E-state index contributed by atoms with van der Waals surface area (Å²) in [5.74, 6) is -2.65. The molecular formula is C29H38N2O6. The minimum absolute atomic E-state index is 0.0140. The Balaban J connectivity index is 1.73. The van der Waals surface area contributed by atoms with E-state index < -0.39 is 29.4 Å². The zero-order chi connectivity index (χ0) is 27.0. The lowest BCUT2D eigenvalue weighted by Gasteiger charge is -2.41. The second kappa shape index (κ2) is 10.4. The Morgan fingerprint density at radius 3 is 2.76 bits per heavy atom. The molecule has 8 heteroatoms. The van der Waals surface area contributed by atoms with Gasteiger partial charge in [0.2, 0.25) is 5.79 Å². The van der Waals surface area contributed by atoms with Crippen LogP contribution in [0.3, 0.4) is 0 Å². The maximum Gasteiger partial charge on any atom is 0.339 e. The molecule has 0 amide bonds. The fourth-order valence-electron chi connectivity index (χ4n) is 5.75. The van der Waals surface area contributed by atoms with E-state index in [-0.39, 0.29) is 29.9 Å². The summed E-state index contributed by atoms with van der Waals surface area (Å²) in [7, 11) is 1.85. The number of rotatable bonds is 6. The fraction of sp³-hybridized carbons (Fsp3) is 0.552. The molecule has 37 heavy (non-hydrogen) atoms. The highest BCUT2D eigenvalue weighted by Gasteiger charge is 2.54. The van der Waals surface area contributed by atoms with Crippen LogP contribution < -0.4 is 0 Å². The van der Waals surface area contributed by atoms with Gasteiger partial charge >= 0.3 is 11.9 Å². The van der Waals surface area contributed by atoms with Crippen LogP contribution in [-0.4, -0.2) is 50.7 Å². The maximum atomic E-state index is 13.1. The van der Waals surface area contributed by atoms with E-state index in [9.17, 15) is 14.7 Å². The van der Waals surface area contributed by atoms with E-state index in [1.807, 2.05) is 13.1 Å². The van der Waals surface area contributed by atoms with Crippen LogP contribution in [0, 0.1) is 23.7 Å². The fourth-order valence-corrected chi connectivity index (χ4v) is 5.75. The second-order valence-corrected chi connectivity index (χ2v) is 10.9. The van der Waals surface area contributed by atoms with Crippen molar-refractivity contribution in [1.82, 2.24) is 9.55 Å². The van der Waals surface area contributed by atoms with Crippen LogP contribution in [0.5, 0.6) is 0 Å². The Hall–Kier alpha value is -2.97. The molecule has 200 valence electrons. The normalized spacial score (nSPS) is 33.3. The smallest absolute Gasteiger partial charge is 0.339 e. The molecule has 6 unspecified atom stereocenters. The molecule has 1 aromatic rings. The number of aromatic nitrogens is 2. The average Bonchev–Trinajstić information content (AvgIpc) is 3.40. The van der Waals surface area contributed by atoms with E-state index in [1.54, 1.807) is 43.1 Å². The van der Waals surface area contributed by atoms with Crippen LogP contribution in [-0.2, 0) is 30.8 Å². The number of esters is 2. The van der Waals surface area contributed by atoms with E-state index in [2.05, 4.69) is 31.8 Å². The number of carbonyl (C=O) groups is 2. The summed E-state index contributed by atoms with van der Waals surface area (Å²) in [6.45, 7) is 10.1. The zero-order valence-electron chi connectivity index (χ0n) is 22.5. The number of nitrogens with zero attached hydrogens (tertiary/aromatic N) is 2. The first-order valence-corrected chi connectivity index (χ1v) is 13.0. The lowest BCUT2D eigenvalue weighted by Crippen LogP contribution is -2.47. The highest BCUT2D eigenvalue weighted by molar-refractivity contribution is 5.91. The second-order valence-electron chi connectivity index (χ2n) is 10.9. The summed E-state index contributed by atoms with van der Waals surface area (Å²) in [5, 5.41) is 11.6. The Labute approximate surface area is 218 Å². The van der Waals surface area contributed by atoms with Gasteiger partial charge in [-0.2, -0.15) is 0 Å². The quantitative estimate of drug-likeness (QED) is 0.349. The van der Waals surface area contributed by atoms with E-state index >= 15 is 0 Å². The molecule has 6 atom stereocenters. The molecule has 8 nitrogen and oxygen atoms in total. The summed E-state index contributed by atoms with van der Waals surface area (Å²) in [6.07, 6.45) is 14.3. The Morgan fingerprint density at radius 1 is 1.35 bits per heavy atom. The van der Waals surface area contributed by atoms with Gasteiger partial charge in [-0.3, -0.25) is 0 Å². The van der Waals surface area contributed by atoms with Gasteiger partial charge in [-0.15, -0.1) is 0 Å². The number of hydrogen-bond acceptors (Lipinski definition) is 7. The van der Waals surface area contributed by atoms with Gasteiger partial charge in [-0.25, -0.2) is 14.6 Å². The van der Waals surface area contributed by atoms with Crippen LogP contribution >= 0.6 is 0 Å². The third-order valence-electron chi connectivity index (χ3n) is 7.85. The third kappa shape index (κ3) is 5.50. The van der Waals surface area contributed by atoms with E-state index in [0.29, 0.717) is 18.0 Å². The minimum atomic E-state index is -1.99. The number of aliphatic hydroxyl groups is 1. The van der Waals surface area contributed by atoms with Crippen molar-refractivity contribution in [2.45, 2.75) is 65.0 Å². The summed E-state index contributed by atoms with van der Waals surface area (Å²) >= 11 is 0. The van der Waals surface area contributed by atoms with Crippen LogP contribution in [0.2, 0.25) is 0 Å². The summed E-state index contributed by atoms with van der Waals surface area (Å²) < 4.78 is 19.3. The zero-order valence-corrected chi connectivity index (χ0v) is 22.5. The van der Waals surface area contributed by atoms with Crippen LogP contribution in [0.25, 0.3) is 6.08 Å². The molecule has 4 rings (SSSR count). The predicted molar refractivity (Wildman–Crippen MR) is 139 cm³/mol. The standard InChI is InChI=1S/C29H38N2O6/c1-7-35-27(33)24-14-23-21(18(2)3)10-8-19(4)22(23)15-25(28(5)12-13-29(24,34)37-28)36-26(32)11-9-20-16-31(6)17-30-20/h8-9,11-14,16-18,21-23,25,34H,7,10,15H2,1-6H3. The topological polar surface area (TPSA) is 99.9 Å². The highest BCUT2D eigenvalue weighted by Crippen LogP contribution is 2.49. The van der Waals surface area contributed by atoms with Gasteiger partial charge in [-0.1, -0.05) is 31.6 Å². The van der Waals surface area contributed by atoms with Crippen molar-refractivity contribution in [2.24, 2.45) is 30.7 Å². The molecule has 3 heterocycles. The summed E-state index contributed by atoms with van der Waals surface area (Å²) in [4.78, 5) is 30.3. The van der Waals surface area contributed by atoms with Gasteiger partial charge in [0.15, 0.2) is 0 Å². The highest BCUT2D eigenvalue weighted by atomic mass is 16.7. The van der Waals surface area contributed by atoms with Gasteiger partial charge in [0.25, 0.3) is 0 Å². The number of ether oxygens (including phenoxy) is 3. The molecule has 1 N–H and O–H groups in total. The first-order chi connectivity index (χ1) is 17.5. The molecule has 2 aliphatic heterocycles. The molecule has 2 bridgehead atoms. The average molecular weight is 511 g/mol. The first kappa shape index (κ1) is 27.1. The minimum Gasteiger partial charge on any atom is -0.462 e. The van der Waals surface area contributed by atoms with Gasteiger partial charge in [-0.05, 0) is 75.5 Å². The SMILES string of the molecule is CCOC(=O)C1=CC2C(CC(OC(=O)C=Cc3cn(C)cn3)C3(C)C=CC1(O)O3)C(C)=CCC2C(C)C. The molecule has 0 spiro atoms. The molecule has 0 saturated heterocycles. The molecule has 1 aliphatic carbocycles. The number of fused-ring (bicyclic) bond motifs is 3. The molecule has 1 aromatic heterocycles. The van der Waals surface area contributed by atoms with Crippen molar-refractivity contribution >= 4 is 18.0 Å². The number of carbonyl (C=O) groups excluding carboxylic acids is 2. The number of allylic oxidation sites excluding steroid dienone is 3. The lowest BCUT2D eigenvalue weighted by molar-refractivity contribution is -0.216. The third-order valence-corrected chi connectivity index (χ3v) is 7.85. The van der Waals surface area contributed by atoms with Crippen molar-refractivity contribution in [3.05, 3.63) is 59.7 Å². The Bertz CT molecular complexity index is 1160. The van der Waals surface area contributed by atoms with Gasteiger partial charge in [0.1, 0.15) is 11.7 Å². The molecule has 0 fully saturated rings. The summed E-state index contributed by atoms with van der Waals surface area (Å²) in [5.41, 5.74) is 0.727.